The Balaban J connectivity index is 2.51. The van der Waals surface area contributed by atoms with E-state index in [0.29, 0.717) is 18.7 Å². The Kier molecular flexibility index (Phi) is 5.10. The Morgan fingerprint density at radius 2 is 2.22 bits per heavy atom. The maximum absolute atomic E-state index is 11.1. The van der Waals surface area contributed by atoms with E-state index in [9.17, 15) is 14.9 Å². The molecule has 1 N–H and O–H groups in total. The average Bonchev–Trinajstić information content (AvgIpc) is 2.29. The van der Waals surface area contributed by atoms with Crippen LogP contribution in [0.4, 0.5) is 11.4 Å². The topological polar surface area (TPSA) is 81.5 Å². The molecule has 0 aliphatic carbocycles. The average molecular weight is 252 g/mol. The first kappa shape index (κ1) is 14.0. The zero-order valence-corrected chi connectivity index (χ0v) is 10.4. The molecule has 0 saturated heterocycles. The molecule has 0 saturated carbocycles. The van der Waals surface area contributed by atoms with Gasteiger partial charge in [0, 0.05) is 23.9 Å². The van der Waals surface area contributed by atoms with E-state index in [2.05, 4.69) is 5.32 Å². The van der Waals surface area contributed by atoms with Crippen LogP contribution in [0.3, 0.4) is 0 Å². The Bertz CT molecular complexity index is 446. The number of nitro groups is 1. The van der Waals surface area contributed by atoms with Crippen LogP contribution in [-0.2, 0) is 9.53 Å². The Labute approximate surface area is 105 Å². The van der Waals surface area contributed by atoms with Gasteiger partial charge in [-0.15, -0.1) is 0 Å². The number of aryl methyl sites for hydroxylation is 1. The minimum atomic E-state index is -0.419. The molecule has 6 nitrogen and oxygen atoms in total. The summed E-state index contributed by atoms with van der Waals surface area (Å²) in [5, 5.41) is 13.6. The van der Waals surface area contributed by atoms with Crippen LogP contribution >= 0.6 is 0 Å². The van der Waals surface area contributed by atoms with Crippen LogP contribution in [0.5, 0.6) is 0 Å². The lowest BCUT2D eigenvalue weighted by molar-refractivity contribution is -0.385. The number of anilines is 1. The lowest BCUT2D eigenvalue weighted by Crippen LogP contribution is -2.11. The SMILES string of the molecule is CCOC(=O)CCNc1ccc([N+](=O)[O-])c(C)c1. The van der Waals surface area contributed by atoms with Crippen molar-refractivity contribution >= 4 is 17.3 Å². The molecule has 0 aliphatic heterocycles. The highest BCUT2D eigenvalue weighted by Crippen LogP contribution is 2.21. The number of hydrogen-bond donors (Lipinski definition) is 1. The van der Waals surface area contributed by atoms with Crippen LogP contribution in [0, 0.1) is 17.0 Å². The van der Waals surface area contributed by atoms with E-state index >= 15 is 0 Å². The van der Waals surface area contributed by atoms with Gasteiger partial charge in [0.1, 0.15) is 0 Å². The fraction of sp³-hybridized carbons (Fsp3) is 0.417. The molecule has 1 aromatic carbocycles. The molecule has 0 heterocycles. The first-order valence-electron chi connectivity index (χ1n) is 5.69. The monoisotopic (exact) mass is 252 g/mol. The molecule has 0 bridgehead atoms. The zero-order chi connectivity index (χ0) is 13.5. The number of carbonyl (C=O) groups is 1. The summed E-state index contributed by atoms with van der Waals surface area (Å²) in [5.74, 6) is -0.261. The van der Waals surface area contributed by atoms with Gasteiger partial charge in [-0.25, -0.2) is 0 Å². The molecule has 0 atom stereocenters. The van der Waals surface area contributed by atoms with Crippen molar-refractivity contribution in [3.8, 4) is 0 Å². The predicted octanol–water partition coefficient (Wildman–Crippen LogP) is 2.27. The summed E-state index contributed by atoms with van der Waals surface area (Å²) >= 11 is 0. The van der Waals surface area contributed by atoms with Gasteiger partial charge in [-0.2, -0.15) is 0 Å². The summed E-state index contributed by atoms with van der Waals surface area (Å²) in [5.41, 5.74) is 1.43. The normalized spacial score (nSPS) is 9.89. The van der Waals surface area contributed by atoms with E-state index in [1.54, 1.807) is 26.0 Å². The third-order valence-electron chi connectivity index (χ3n) is 2.36. The van der Waals surface area contributed by atoms with Crippen molar-refractivity contribution in [2.45, 2.75) is 20.3 Å². The van der Waals surface area contributed by atoms with Crippen LogP contribution in [0.2, 0.25) is 0 Å². The van der Waals surface area contributed by atoms with Gasteiger partial charge in [0.15, 0.2) is 0 Å². The van der Waals surface area contributed by atoms with E-state index < -0.39 is 4.92 Å². The van der Waals surface area contributed by atoms with Crippen molar-refractivity contribution in [3.63, 3.8) is 0 Å². The van der Waals surface area contributed by atoms with Crippen LogP contribution in [0.1, 0.15) is 18.9 Å². The fourth-order valence-electron chi connectivity index (χ4n) is 1.51. The second-order valence-electron chi connectivity index (χ2n) is 3.74. The van der Waals surface area contributed by atoms with Crippen molar-refractivity contribution in [3.05, 3.63) is 33.9 Å². The maximum Gasteiger partial charge on any atom is 0.307 e. The first-order valence-corrected chi connectivity index (χ1v) is 5.69. The highest BCUT2D eigenvalue weighted by atomic mass is 16.6. The van der Waals surface area contributed by atoms with Crippen LogP contribution < -0.4 is 5.32 Å². The molecule has 0 aromatic heterocycles. The molecule has 0 radical (unpaired) electrons. The summed E-state index contributed by atoms with van der Waals surface area (Å²) in [6.45, 7) is 4.24. The minimum Gasteiger partial charge on any atom is -0.466 e. The number of nitro benzene ring substituents is 1. The van der Waals surface area contributed by atoms with Crippen LogP contribution in [-0.4, -0.2) is 24.0 Å². The lowest BCUT2D eigenvalue weighted by atomic mass is 10.2. The highest BCUT2D eigenvalue weighted by Gasteiger charge is 2.10. The largest absolute Gasteiger partial charge is 0.466 e. The maximum atomic E-state index is 11.1. The number of ether oxygens (including phenoxy) is 1. The third kappa shape index (κ3) is 4.04. The molecule has 1 rings (SSSR count). The molecule has 18 heavy (non-hydrogen) atoms. The van der Waals surface area contributed by atoms with Crippen molar-refractivity contribution < 1.29 is 14.5 Å². The lowest BCUT2D eigenvalue weighted by Gasteiger charge is -2.07. The number of rotatable bonds is 6. The Hall–Kier alpha value is -2.11. The summed E-state index contributed by atoms with van der Waals surface area (Å²) in [7, 11) is 0. The van der Waals surface area contributed by atoms with E-state index in [-0.39, 0.29) is 18.1 Å². The Morgan fingerprint density at radius 1 is 1.50 bits per heavy atom. The molecule has 0 unspecified atom stereocenters. The van der Waals surface area contributed by atoms with Crippen molar-refractivity contribution in [1.82, 2.24) is 0 Å². The zero-order valence-electron chi connectivity index (χ0n) is 10.4. The minimum absolute atomic E-state index is 0.0888. The molecule has 0 fully saturated rings. The van der Waals surface area contributed by atoms with Gasteiger partial charge >= 0.3 is 5.97 Å². The molecule has 1 aromatic rings. The number of esters is 1. The van der Waals surface area contributed by atoms with E-state index in [1.807, 2.05) is 0 Å². The van der Waals surface area contributed by atoms with Gasteiger partial charge in [0.25, 0.3) is 5.69 Å². The molecular formula is C12H16N2O4. The van der Waals surface area contributed by atoms with Gasteiger partial charge in [-0.05, 0) is 26.0 Å². The fourth-order valence-corrected chi connectivity index (χ4v) is 1.51. The van der Waals surface area contributed by atoms with Crippen molar-refractivity contribution in [2.24, 2.45) is 0 Å². The molecule has 0 aliphatic rings. The number of hydrogen-bond acceptors (Lipinski definition) is 5. The molecule has 0 amide bonds. The van der Waals surface area contributed by atoms with Gasteiger partial charge in [-0.1, -0.05) is 0 Å². The standard InChI is InChI=1S/C12H16N2O4/c1-3-18-12(15)6-7-13-10-4-5-11(14(16)17)9(2)8-10/h4-5,8,13H,3,6-7H2,1-2H3. The van der Waals surface area contributed by atoms with Crippen molar-refractivity contribution in [1.29, 1.82) is 0 Å². The summed E-state index contributed by atoms with van der Waals surface area (Å²) in [6, 6.07) is 4.75. The summed E-state index contributed by atoms with van der Waals surface area (Å²) < 4.78 is 4.79. The van der Waals surface area contributed by atoms with Crippen LogP contribution in [0.15, 0.2) is 18.2 Å². The van der Waals surface area contributed by atoms with Gasteiger partial charge in [-0.3, -0.25) is 14.9 Å². The third-order valence-corrected chi connectivity index (χ3v) is 2.36. The summed E-state index contributed by atoms with van der Waals surface area (Å²) in [6.07, 6.45) is 0.268. The molecule has 98 valence electrons. The number of nitrogens with one attached hydrogen (secondary N) is 1. The second kappa shape index (κ2) is 6.58. The van der Waals surface area contributed by atoms with Gasteiger partial charge in [0.2, 0.25) is 0 Å². The predicted molar refractivity (Wildman–Crippen MR) is 67.6 cm³/mol. The molecule has 0 spiro atoms. The van der Waals surface area contributed by atoms with E-state index in [4.69, 9.17) is 4.74 Å². The van der Waals surface area contributed by atoms with Crippen LogP contribution in [0.25, 0.3) is 0 Å². The number of benzene rings is 1. The second-order valence-corrected chi connectivity index (χ2v) is 3.74. The van der Waals surface area contributed by atoms with Gasteiger partial charge in [0.05, 0.1) is 18.0 Å². The van der Waals surface area contributed by atoms with E-state index in [1.165, 1.54) is 6.07 Å². The Morgan fingerprint density at radius 3 is 2.78 bits per heavy atom. The highest BCUT2D eigenvalue weighted by molar-refractivity contribution is 5.70. The van der Waals surface area contributed by atoms with Gasteiger partial charge < -0.3 is 10.1 Å². The summed E-state index contributed by atoms with van der Waals surface area (Å²) in [4.78, 5) is 21.3. The number of carbonyl (C=O) groups excluding carboxylic acids is 1. The first-order chi connectivity index (χ1) is 8.54. The van der Waals surface area contributed by atoms with E-state index in [0.717, 1.165) is 5.69 Å². The number of nitrogens with zero attached hydrogens (tertiary/aromatic N) is 1. The molecular weight excluding hydrogens is 236 g/mol. The van der Waals surface area contributed by atoms with Crippen molar-refractivity contribution in [2.75, 3.05) is 18.5 Å². The molecule has 6 heteroatoms. The quantitative estimate of drug-likeness (QED) is 0.477. The smallest absolute Gasteiger partial charge is 0.307 e.